The number of hydrogen-bond acceptors (Lipinski definition) is 7. The van der Waals surface area contributed by atoms with E-state index in [1.54, 1.807) is 29.6 Å². The summed E-state index contributed by atoms with van der Waals surface area (Å²) in [5.41, 5.74) is 0.655. The van der Waals surface area contributed by atoms with Crippen LogP contribution in [0.2, 0.25) is 0 Å². The Morgan fingerprint density at radius 1 is 1.11 bits per heavy atom. The quantitative estimate of drug-likeness (QED) is 0.490. The average molecular weight is 404 g/mol. The van der Waals surface area contributed by atoms with Crippen LogP contribution in [-0.4, -0.2) is 44.0 Å². The molecule has 0 aliphatic heterocycles. The Balaban J connectivity index is 1.78. The SMILES string of the molecule is COC(=O)CCCNC(=O)COC(=O)c1cccc(NC(=O)c2cccs2)c1. The van der Waals surface area contributed by atoms with E-state index < -0.39 is 18.5 Å². The van der Waals surface area contributed by atoms with Crippen molar-refractivity contribution in [2.45, 2.75) is 12.8 Å². The van der Waals surface area contributed by atoms with E-state index >= 15 is 0 Å². The Hall–Kier alpha value is -3.20. The van der Waals surface area contributed by atoms with E-state index in [0.717, 1.165) is 0 Å². The van der Waals surface area contributed by atoms with Gasteiger partial charge in [-0.1, -0.05) is 12.1 Å². The molecule has 8 nitrogen and oxygen atoms in total. The van der Waals surface area contributed by atoms with Gasteiger partial charge in [0.2, 0.25) is 0 Å². The molecule has 2 aromatic rings. The number of ether oxygens (including phenoxy) is 2. The minimum atomic E-state index is -0.683. The molecule has 0 spiro atoms. The van der Waals surface area contributed by atoms with Crippen molar-refractivity contribution < 1.29 is 28.7 Å². The lowest BCUT2D eigenvalue weighted by Gasteiger charge is -2.08. The van der Waals surface area contributed by atoms with Crippen molar-refractivity contribution in [3.05, 3.63) is 52.2 Å². The molecule has 148 valence electrons. The van der Waals surface area contributed by atoms with Crippen LogP contribution in [0.5, 0.6) is 0 Å². The summed E-state index contributed by atoms with van der Waals surface area (Å²) in [5.74, 6) is -1.78. The van der Waals surface area contributed by atoms with Gasteiger partial charge in [0.25, 0.3) is 11.8 Å². The summed E-state index contributed by atoms with van der Waals surface area (Å²) in [6.07, 6.45) is 0.624. The van der Waals surface area contributed by atoms with E-state index in [-0.39, 0.29) is 30.4 Å². The van der Waals surface area contributed by atoms with E-state index in [0.29, 0.717) is 17.0 Å². The number of benzene rings is 1. The van der Waals surface area contributed by atoms with Gasteiger partial charge in [0.15, 0.2) is 6.61 Å². The van der Waals surface area contributed by atoms with Crippen LogP contribution >= 0.6 is 11.3 Å². The first-order valence-corrected chi connectivity index (χ1v) is 9.33. The van der Waals surface area contributed by atoms with Crippen LogP contribution in [-0.2, 0) is 19.1 Å². The summed E-state index contributed by atoms with van der Waals surface area (Å²) in [7, 11) is 1.29. The molecule has 0 aliphatic carbocycles. The molecule has 2 N–H and O–H groups in total. The minimum absolute atomic E-state index is 0.195. The summed E-state index contributed by atoms with van der Waals surface area (Å²) in [6, 6.07) is 9.72. The molecule has 0 saturated heterocycles. The molecule has 0 atom stereocenters. The predicted octanol–water partition coefficient (Wildman–Crippen LogP) is 2.23. The number of thiophene rings is 1. The standard InChI is InChI=1S/C19H20N2O6S/c1-26-17(23)8-3-9-20-16(22)12-27-19(25)13-5-2-6-14(11-13)21-18(24)15-7-4-10-28-15/h2,4-7,10-11H,3,8-9,12H2,1H3,(H,20,22)(H,21,24). The van der Waals surface area contributed by atoms with Crippen molar-refractivity contribution in [3.63, 3.8) is 0 Å². The van der Waals surface area contributed by atoms with Gasteiger partial charge >= 0.3 is 11.9 Å². The molecular formula is C19H20N2O6S. The number of anilines is 1. The van der Waals surface area contributed by atoms with E-state index in [4.69, 9.17) is 4.74 Å². The molecule has 0 fully saturated rings. The molecule has 0 aliphatic rings. The first-order valence-electron chi connectivity index (χ1n) is 8.45. The highest BCUT2D eigenvalue weighted by Crippen LogP contribution is 2.15. The van der Waals surface area contributed by atoms with Crippen molar-refractivity contribution in [1.29, 1.82) is 0 Å². The number of nitrogens with one attached hydrogen (secondary N) is 2. The van der Waals surface area contributed by atoms with Crippen LogP contribution in [0.1, 0.15) is 32.9 Å². The summed E-state index contributed by atoms with van der Waals surface area (Å²) in [6.45, 7) is -0.168. The fourth-order valence-electron chi connectivity index (χ4n) is 2.15. The molecular weight excluding hydrogens is 384 g/mol. The molecule has 28 heavy (non-hydrogen) atoms. The lowest BCUT2D eigenvalue weighted by molar-refractivity contribution is -0.140. The number of methoxy groups -OCH3 is 1. The van der Waals surface area contributed by atoms with Crippen LogP contribution in [0, 0.1) is 0 Å². The fourth-order valence-corrected chi connectivity index (χ4v) is 2.77. The maximum absolute atomic E-state index is 12.1. The van der Waals surface area contributed by atoms with Gasteiger partial charge in [-0.25, -0.2) is 4.79 Å². The predicted molar refractivity (Wildman–Crippen MR) is 103 cm³/mol. The van der Waals surface area contributed by atoms with Gasteiger partial charge in [0, 0.05) is 18.7 Å². The molecule has 9 heteroatoms. The molecule has 2 amide bonds. The van der Waals surface area contributed by atoms with E-state index in [1.165, 1.54) is 30.6 Å². The van der Waals surface area contributed by atoms with Crippen molar-refractivity contribution in [2.75, 3.05) is 25.6 Å². The lowest BCUT2D eigenvalue weighted by Crippen LogP contribution is -2.30. The highest BCUT2D eigenvalue weighted by molar-refractivity contribution is 7.12. The zero-order chi connectivity index (χ0) is 20.4. The highest BCUT2D eigenvalue weighted by atomic mass is 32.1. The normalized spacial score (nSPS) is 10.0. The van der Waals surface area contributed by atoms with Crippen molar-refractivity contribution >= 4 is 40.8 Å². The van der Waals surface area contributed by atoms with Crippen LogP contribution in [0.4, 0.5) is 5.69 Å². The van der Waals surface area contributed by atoms with Gasteiger partial charge < -0.3 is 20.1 Å². The molecule has 0 unspecified atom stereocenters. The summed E-state index contributed by atoms with van der Waals surface area (Å²) in [5, 5.41) is 7.04. The Kier molecular flexibility index (Phi) is 8.16. The van der Waals surface area contributed by atoms with E-state index in [9.17, 15) is 19.2 Å². The van der Waals surface area contributed by atoms with Crippen LogP contribution in [0.15, 0.2) is 41.8 Å². The first kappa shape index (κ1) is 21.1. The minimum Gasteiger partial charge on any atom is -0.469 e. The highest BCUT2D eigenvalue weighted by Gasteiger charge is 2.12. The molecule has 0 saturated carbocycles. The first-order chi connectivity index (χ1) is 13.5. The summed E-state index contributed by atoms with van der Waals surface area (Å²) < 4.78 is 9.46. The van der Waals surface area contributed by atoms with Crippen LogP contribution in [0.3, 0.4) is 0 Å². The van der Waals surface area contributed by atoms with Gasteiger partial charge in [0.1, 0.15) is 0 Å². The third kappa shape index (κ3) is 6.84. The second kappa shape index (κ2) is 10.8. The van der Waals surface area contributed by atoms with Crippen LogP contribution in [0.25, 0.3) is 0 Å². The van der Waals surface area contributed by atoms with Gasteiger partial charge in [-0.3, -0.25) is 14.4 Å². The summed E-state index contributed by atoms with van der Waals surface area (Å²) >= 11 is 1.31. The monoisotopic (exact) mass is 404 g/mol. The smallest absolute Gasteiger partial charge is 0.338 e. The third-order valence-electron chi connectivity index (χ3n) is 3.54. The van der Waals surface area contributed by atoms with Crippen LogP contribution < -0.4 is 10.6 Å². The number of carbonyl (C=O) groups excluding carboxylic acids is 4. The number of amides is 2. The van der Waals surface area contributed by atoms with Gasteiger partial charge in [-0.15, -0.1) is 11.3 Å². The number of hydrogen-bond donors (Lipinski definition) is 2. The van der Waals surface area contributed by atoms with Crippen molar-refractivity contribution in [1.82, 2.24) is 5.32 Å². The average Bonchev–Trinajstić information content (AvgIpc) is 3.24. The van der Waals surface area contributed by atoms with Gasteiger partial charge in [-0.2, -0.15) is 0 Å². The Morgan fingerprint density at radius 2 is 1.93 bits per heavy atom. The molecule has 0 bridgehead atoms. The fraction of sp³-hybridized carbons (Fsp3) is 0.263. The van der Waals surface area contributed by atoms with Crippen molar-refractivity contribution in [3.8, 4) is 0 Å². The maximum Gasteiger partial charge on any atom is 0.338 e. The summed E-state index contributed by atoms with van der Waals surface area (Å²) in [4.78, 5) is 47.3. The zero-order valence-electron chi connectivity index (χ0n) is 15.2. The second-order valence-electron chi connectivity index (χ2n) is 5.62. The Morgan fingerprint density at radius 3 is 2.64 bits per heavy atom. The molecule has 0 radical (unpaired) electrons. The lowest BCUT2D eigenvalue weighted by atomic mass is 10.2. The number of esters is 2. The van der Waals surface area contributed by atoms with E-state index in [2.05, 4.69) is 15.4 Å². The van der Waals surface area contributed by atoms with Crippen molar-refractivity contribution in [2.24, 2.45) is 0 Å². The van der Waals surface area contributed by atoms with Gasteiger partial charge in [-0.05, 0) is 36.1 Å². The maximum atomic E-state index is 12.1. The number of carbonyl (C=O) groups is 4. The Labute approximate surface area is 165 Å². The second-order valence-corrected chi connectivity index (χ2v) is 6.57. The third-order valence-corrected chi connectivity index (χ3v) is 4.41. The molecule has 2 rings (SSSR count). The topological polar surface area (TPSA) is 111 Å². The number of rotatable bonds is 9. The zero-order valence-corrected chi connectivity index (χ0v) is 16.0. The largest absolute Gasteiger partial charge is 0.469 e. The van der Waals surface area contributed by atoms with E-state index in [1.807, 2.05) is 0 Å². The molecule has 1 heterocycles. The van der Waals surface area contributed by atoms with Gasteiger partial charge in [0.05, 0.1) is 17.6 Å². The molecule has 1 aromatic carbocycles. The Bertz CT molecular complexity index is 835. The molecule has 1 aromatic heterocycles.